The van der Waals surface area contributed by atoms with E-state index in [2.05, 4.69) is 12.2 Å². The average molecular weight is 420 g/mol. The molecule has 0 atom stereocenters. The number of aryl methyl sites for hydroxylation is 1. The Kier molecular flexibility index (Phi) is 8.45. The van der Waals surface area contributed by atoms with Crippen LogP contribution in [0, 0.1) is 6.92 Å². The van der Waals surface area contributed by atoms with Gasteiger partial charge in [-0.15, -0.1) is 0 Å². The fourth-order valence-corrected chi connectivity index (χ4v) is 3.76. The molecule has 0 radical (unpaired) electrons. The van der Waals surface area contributed by atoms with E-state index in [-0.39, 0.29) is 11.3 Å². The molecule has 0 bridgehead atoms. The fourth-order valence-electron chi connectivity index (χ4n) is 3.76. The van der Waals surface area contributed by atoms with Crippen molar-refractivity contribution in [2.24, 2.45) is 0 Å². The van der Waals surface area contributed by atoms with E-state index in [1.807, 2.05) is 37.3 Å². The number of amides is 1. The van der Waals surface area contributed by atoms with Crippen molar-refractivity contribution in [3.63, 3.8) is 0 Å². The molecular formula is C27H33NO3. The number of carbonyl (C=O) groups excluding carboxylic acids is 1. The Morgan fingerprint density at radius 2 is 1.55 bits per heavy atom. The molecule has 4 heteroatoms. The zero-order valence-corrected chi connectivity index (χ0v) is 18.7. The number of fused-ring (bicyclic) bond motifs is 1. The first kappa shape index (κ1) is 22.8. The number of rotatable bonds is 11. The SMILES string of the molecule is CCCCCCCCCCNC(=O)c1ccc(-c2cc(=O)c3cc(C)ccc3o2)cc1. The average Bonchev–Trinajstić information content (AvgIpc) is 2.78. The van der Waals surface area contributed by atoms with Crippen molar-refractivity contribution in [3.05, 3.63) is 69.9 Å². The minimum absolute atomic E-state index is 0.0628. The molecule has 4 nitrogen and oxygen atoms in total. The van der Waals surface area contributed by atoms with Gasteiger partial charge in [-0.1, -0.05) is 75.6 Å². The van der Waals surface area contributed by atoms with Crippen molar-refractivity contribution in [1.82, 2.24) is 5.32 Å². The molecule has 0 saturated carbocycles. The highest BCUT2D eigenvalue weighted by molar-refractivity contribution is 5.94. The van der Waals surface area contributed by atoms with Crippen LogP contribution in [0.15, 0.2) is 57.7 Å². The summed E-state index contributed by atoms with van der Waals surface area (Å²) < 4.78 is 5.92. The smallest absolute Gasteiger partial charge is 0.251 e. The second-order valence-corrected chi connectivity index (χ2v) is 8.28. The predicted molar refractivity (Wildman–Crippen MR) is 128 cm³/mol. The van der Waals surface area contributed by atoms with Crippen LogP contribution in [-0.2, 0) is 0 Å². The second-order valence-electron chi connectivity index (χ2n) is 8.28. The van der Waals surface area contributed by atoms with Crippen LogP contribution in [0.5, 0.6) is 0 Å². The Morgan fingerprint density at radius 3 is 2.26 bits per heavy atom. The van der Waals surface area contributed by atoms with E-state index in [9.17, 15) is 9.59 Å². The van der Waals surface area contributed by atoms with E-state index in [0.29, 0.717) is 28.8 Å². The molecule has 0 aliphatic carbocycles. The summed E-state index contributed by atoms with van der Waals surface area (Å²) >= 11 is 0. The molecule has 1 N–H and O–H groups in total. The molecule has 1 heterocycles. The number of hydrogen-bond donors (Lipinski definition) is 1. The van der Waals surface area contributed by atoms with Crippen LogP contribution < -0.4 is 10.7 Å². The van der Waals surface area contributed by atoms with Crippen molar-refractivity contribution in [3.8, 4) is 11.3 Å². The molecule has 31 heavy (non-hydrogen) atoms. The summed E-state index contributed by atoms with van der Waals surface area (Å²) in [5.74, 6) is 0.442. The van der Waals surface area contributed by atoms with Gasteiger partial charge in [-0.2, -0.15) is 0 Å². The minimum Gasteiger partial charge on any atom is -0.456 e. The van der Waals surface area contributed by atoms with E-state index in [1.54, 1.807) is 12.1 Å². The summed E-state index contributed by atoms with van der Waals surface area (Å²) in [7, 11) is 0. The zero-order chi connectivity index (χ0) is 22.1. The first-order valence-electron chi connectivity index (χ1n) is 11.5. The van der Waals surface area contributed by atoms with Crippen LogP contribution >= 0.6 is 0 Å². The number of nitrogens with one attached hydrogen (secondary N) is 1. The first-order valence-corrected chi connectivity index (χ1v) is 11.5. The van der Waals surface area contributed by atoms with Crippen LogP contribution in [-0.4, -0.2) is 12.5 Å². The van der Waals surface area contributed by atoms with Gasteiger partial charge in [-0.25, -0.2) is 0 Å². The molecule has 0 aliphatic rings. The normalized spacial score (nSPS) is 11.0. The third-order valence-electron chi connectivity index (χ3n) is 5.63. The van der Waals surface area contributed by atoms with Crippen LogP contribution in [0.2, 0.25) is 0 Å². The van der Waals surface area contributed by atoms with Crippen molar-refractivity contribution < 1.29 is 9.21 Å². The minimum atomic E-state index is -0.0649. The summed E-state index contributed by atoms with van der Waals surface area (Å²) in [4.78, 5) is 24.8. The maximum atomic E-state index is 12.4. The van der Waals surface area contributed by atoms with Gasteiger partial charge in [0.1, 0.15) is 11.3 Å². The lowest BCUT2D eigenvalue weighted by Gasteiger charge is -2.07. The van der Waals surface area contributed by atoms with E-state index in [0.717, 1.165) is 24.0 Å². The third-order valence-corrected chi connectivity index (χ3v) is 5.63. The number of unbranched alkanes of at least 4 members (excludes halogenated alkanes) is 7. The molecule has 0 spiro atoms. The second kappa shape index (κ2) is 11.5. The summed E-state index contributed by atoms with van der Waals surface area (Å²) in [6, 6.07) is 14.3. The highest BCUT2D eigenvalue weighted by Crippen LogP contribution is 2.23. The Morgan fingerprint density at radius 1 is 0.871 bits per heavy atom. The number of benzene rings is 2. The van der Waals surface area contributed by atoms with Crippen LogP contribution in [0.3, 0.4) is 0 Å². The molecule has 0 aliphatic heterocycles. The maximum absolute atomic E-state index is 12.4. The highest BCUT2D eigenvalue weighted by Gasteiger charge is 2.09. The fraction of sp³-hybridized carbons (Fsp3) is 0.407. The molecule has 3 rings (SSSR count). The monoisotopic (exact) mass is 419 g/mol. The molecule has 0 saturated heterocycles. The van der Waals surface area contributed by atoms with Gasteiger partial charge in [0.2, 0.25) is 0 Å². The molecule has 0 fully saturated rings. The van der Waals surface area contributed by atoms with Gasteiger partial charge in [0, 0.05) is 23.7 Å². The number of carbonyl (C=O) groups is 1. The highest BCUT2D eigenvalue weighted by atomic mass is 16.3. The summed E-state index contributed by atoms with van der Waals surface area (Å²) in [5, 5.41) is 3.58. The van der Waals surface area contributed by atoms with E-state index in [1.165, 1.54) is 44.6 Å². The molecule has 1 aromatic heterocycles. The van der Waals surface area contributed by atoms with Gasteiger partial charge in [-0.3, -0.25) is 9.59 Å². The van der Waals surface area contributed by atoms with Crippen LogP contribution in [0.25, 0.3) is 22.3 Å². The van der Waals surface area contributed by atoms with Crippen LogP contribution in [0.4, 0.5) is 0 Å². The van der Waals surface area contributed by atoms with Crippen molar-refractivity contribution in [2.45, 2.75) is 65.2 Å². The number of hydrogen-bond acceptors (Lipinski definition) is 3. The largest absolute Gasteiger partial charge is 0.456 e. The third kappa shape index (κ3) is 6.55. The molecule has 3 aromatic rings. The van der Waals surface area contributed by atoms with E-state index in [4.69, 9.17) is 4.42 Å². The van der Waals surface area contributed by atoms with Gasteiger partial charge in [-0.05, 0) is 37.6 Å². The lowest BCUT2D eigenvalue weighted by Crippen LogP contribution is -2.24. The molecule has 0 unspecified atom stereocenters. The quantitative estimate of drug-likeness (QED) is 0.354. The molecule has 1 amide bonds. The summed E-state index contributed by atoms with van der Waals surface area (Å²) in [6.45, 7) is 4.89. The summed E-state index contributed by atoms with van der Waals surface area (Å²) in [6.07, 6.45) is 9.98. The van der Waals surface area contributed by atoms with Crippen molar-refractivity contribution in [1.29, 1.82) is 0 Å². The standard InChI is InChI=1S/C27H33NO3/c1-3-4-5-6-7-8-9-10-17-28-27(30)22-14-12-21(13-15-22)26-19-24(29)23-18-20(2)11-16-25(23)31-26/h11-16,18-19H,3-10,17H2,1-2H3,(H,28,30). The van der Waals surface area contributed by atoms with Gasteiger partial charge < -0.3 is 9.73 Å². The lowest BCUT2D eigenvalue weighted by molar-refractivity contribution is 0.0953. The van der Waals surface area contributed by atoms with Gasteiger partial charge in [0.25, 0.3) is 5.91 Å². The lowest BCUT2D eigenvalue weighted by atomic mass is 10.1. The van der Waals surface area contributed by atoms with Gasteiger partial charge in [0.05, 0.1) is 5.39 Å². The predicted octanol–water partition coefficient (Wildman–Crippen LogP) is 6.64. The Bertz CT molecular complexity index is 1050. The Labute approximate surface area is 184 Å². The van der Waals surface area contributed by atoms with Crippen molar-refractivity contribution in [2.75, 3.05) is 6.54 Å². The Hall–Kier alpha value is -2.88. The van der Waals surface area contributed by atoms with Crippen molar-refractivity contribution >= 4 is 16.9 Å². The van der Waals surface area contributed by atoms with Crippen LogP contribution in [0.1, 0.15) is 74.2 Å². The first-order chi connectivity index (χ1) is 15.1. The maximum Gasteiger partial charge on any atom is 0.251 e. The van der Waals surface area contributed by atoms with Gasteiger partial charge >= 0.3 is 0 Å². The van der Waals surface area contributed by atoms with E-state index < -0.39 is 0 Å². The molecule has 164 valence electrons. The molecule has 2 aromatic carbocycles. The van der Waals surface area contributed by atoms with E-state index >= 15 is 0 Å². The molecular weight excluding hydrogens is 386 g/mol. The zero-order valence-electron chi connectivity index (χ0n) is 18.7. The van der Waals surface area contributed by atoms with Gasteiger partial charge in [0.15, 0.2) is 5.43 Å². The summed E-state index contributed by atoms with van der Waals surface area (Å²) in [5.41, 5.74) is 2.92. The Balaban J connectivity index is 1.51. The topological polar surface area (TPSA) is 59.3 Å².